The first-order valence-corrected chi connectivity index (χ1v) is 11.0. The van der Waals surface area contributed by atoms with Crippen molar-refractivity contribution in [3.63, 3.8) is 0 Å². The summed E-state index contributed by atoms with van der Waals surface area (Å²) < 4.78 is 25.0. The molecule has 0 unspecified atom stereocenters. The molecule has 1 saturated heterocycles. The molecule has 0 atom stereocenters. The zero-order chi connectivity index (χ0) is 19.9. The number of carbonyl (C=O) groups excluding carboxylic acids is 2. The van der Waals surface area contributed by atoms with Gasteiger partial charge in [0.15, 0.2) is 0 Å². The number of amides is 2. The molecule has 1 fully saturated rings. The first-order chi connectivity index (χ1) is 12.8. The van der Waals surface area contributed by atoms with Crippen molar-refractivity contribution >= 4 is 27.5 Å². The van der Waals surface area contributed by atoms with Gasteiger partial charge in [-0.1, -0.05) is 13.0 Å². The lowest BCUT2D eigenvalue weighted by molar-refractivity contribution is -0.122. The van der Waals surface area contributed by atoms with E-state index in [2.05, 4.69) is 20.3 Å². The van der Waals surface area contributed by atoms with Crippen molar-refractivity contribution in [3.05, 3.63) is 29.8 Å². The molecular weight excluding hydrogens is 368 g/mol. The second-order valence-electron chi connectivity index (χ2n) is 6.83. The number of carbonyl (C=O) groups is 2. The number of benzene rings is 1. The molecule has 2 rings (SSSR count). The van der Waals surface area contributed by atoms with Gasteiger partial charge in [0.1, 0.15) is 0 Å². The van der Waals surface area contributed by atoms with E-state index in [0.717, 1.165) is 38.6 Å². The summed E-state index contributed by atoms with van der Waals surface area (Å²) in [4.78, 5) is 26.3. The second kappa shape index (κ2) is 9.70. The molecule has 1 aliphatic heterocycles. The molecule has 0 spiro atoms. The van der Waals surface area contributed by atoms with Crippen LogP contribution in [0, 0.1) is 0 Å². The van der Waals surface area contributed by atoms with E-state index in [4.69, 9.17) is 0 Å². The van der Waals surface area contributed by atoms with Gasteiger partial charge in [0.05, 0.1) is 12.8 Å². The van der Waals surface area contributed by atoms with E-state index >= 15 is 0 Å². The zero-order valence-electron chi connectivity index (χ0n) is 15.8. The molecule has 0 saturated carbocycles. The van der Waals surface area contributed by atoms with E-state index < -0.39 is 10.0 Å². The number of nitrogens with one attached hydrogen (secondary N) is 3. The van der Waals surface area contributed by atoms with E-state index in [9.17, 15) is 18.0 Å². The van der Waals surface area contributed by atoms with Crippen molar-refractivity contribution in [2.45, 2.75) is 32.2 Å². The van der Waals surface area contributed by atoms with Crippen LogP contribution in [-0.2, 0) is 14.8 Å². The van der Waals surface area contributed by atoms with Gasteiger partial charge >= 0.3 is 0 Å². The molecule has 0 radical (unpaired) electrons. The maximum absolute atomic E-state index is 12.4. The minimum atomic E-state index is -3.39. The second-order valence-corrected chi connectivity index (χ2v) is 8.58. The smallest absolute Gasteiger partial charge is 0.251 e. The third-order valence-corrected chi connectivity index (χ3v) is 4.90. The maximum atomic E-state index is 12.4. The SMILES string of the molecule is CCCNC(=O)CN1CCC(NC(=O)c2cccc(NS(C)(=O)=O)c2)CC1. The number of rotatable bonds is 8. The quantitative estimate of drug-likeness (QED) is 0.602. The van der Waals surface area contributed by atoms with E-state index in [1.807, 2.05) is 6.92 Å². The lowest BCUT2D eigenvalue weighted by Crippen LogP contribution is -2.47. The summed E-state index contributed by atoms with van der Waals surface area (Å²) in [5, 5.41) is 5.86. The summed E-state index contributed by atoms with van der Waals surface area (Å²) in [7, 11) is -3.39. The molecule has 27 heavy (non-hydrogen) atoms. The molecule has 8 nitrogen and oxygen atoms in total. The minimum Gasteiger partial charge on any atom is -0.355 e. The van der Waals surface area contributed by atoms with Crippen molar-refractivity contribution < 1.29 is 18.0 Å². The van der Waals surface area contributed by atoms with Gasteiger partial charge in [-0.2, -0.15) is 0 Å². The normalized spacial score (nSPS) is 15.9. The van der Waals surface area contributed by atoms with E-state index in [1.54, 1.807) is 18.2 Å². The number of likely N-dealkylation sites (tertiary alicyclic amines) is 1. The van der Waals surface area contributed by atoms with Crippen LogP contribution in [0.1, 0.15) is 36.5 Å². The van der Waals surface area contributed by atoms with Gasteiger partial charge in [0.2, 0.25) is 15.9 Å². The number of piperidine rings is 1. The van der Waals surface area contributed by atoms with Crippen LogP contribution in [-0.4, -0.2) is 63.6 Å². The molecule has 9 heteroatoms. The Bertz CT molecular complexity index is 758. The topological polar surface area (TPSA) is 108 Å². The predicted molar refractivity (Wildman–Crippen MR) is 105 cm³/mol. The molecular formula is C18H28N4O4S. The van der Waals surface area contributed by atoms with Crippen LogP contribution in [0.4, 0.5) is 5.69 Å². The van der Waals surface area contributed by atoms with Crippen LogP contribution < -0.4 is 15.4 Å². The van der Waals surface area contributed by atoms with E-state index in [-0.39, 0.29) is 17.9 Å². The van der Waals surface area contributed by atoms with Gasteiger partial charge in [0.25, 0.3) is 5.91 Å². The third-order valence-electron chi connectivity index (χ3n) is 4.29. The van der Waals surface area contributed by atoms with Gasteiger partial charge in [0, 0.05) is 36.9 Å². The maximum Gasteiger partial charge on any atom is 0.251 e. The first kappa shape index (κ1) is 21.2. The number of hydrogen-bond donors (Lipinski definition) is 3. The molecule has 2 amide bonds. The van der Waals surface area contributed by atoms with Crippen LogP contribution in [0.2, 0.25) is 0 Å². The minimum absolute atomic E-state index is 0.0366. The van der Waals surface area contributed by atoms with Gasteiger partial charge < -0.3 is 10.6 Å². The van der Waals surface area contributed by atoms with Crippen molar-refractivity contribution in [3.8, 4) is 0 Å². The number of anilines is 1. The lowest BCUT2D eigenvalue weighted by atomic mass is 10.0. The Labute approximate surface area is 160 Å². The Morgan fingerprint density at radius 2 is 1.93 bits per heavy atom. The molecule has 0 aromatic heterocycles. The van der Waals surface area contributed by atoms with Crippen LogP contribution in [0.15, 0.2) is 24.3 Å². The molecule has 1 aromatic carbocycles. The Morgan fingerprint density at radius 1 is 1.22 bits per heavy atom. The van der Waals surface area contributed by atoms with Crippen molar-refractivity contribution in [1.29, 1.82) is 0 Å². The molecule has 150 valence electrons. The Hall–Kier alpha value is -2.13. The van der Waals surface area contributed by atoms with Crippen LogP contribution in [0.3, 0.4) is 0 Å². The summed E-state index contributed by atoms with van der Waals surface area (Å²) in [5.41, 5.74) is 0.767. The monoisotopic (exact) mass is 396 g/mol. The lowest BCUT2D eigenvalue weighted by Gasteiger charge is -2.31. The van der Waals surface area contributed by atoms with Crippen molar-refractivity contribution in [2.75, 3.05) is 37.2 Å². The molecule has 0 aliphatic carbocycles. The van der Waals surface area contributed by atoms with E-state index in [1.165, 1.54) is 6.07 Å². The molecule has 1 heterocycles. The average Bonchev–Trinajstić information content (AvgIpc) is 2.60. The fraction of sp³-hybridized carbons (Fsp3) is 0.556. The summed E-state index contributed by atoms with van der Waals surface area (Å²) in [6.45, 7) is 4.60. The molecule has 3 N–H and O–H groups in total. The molecule has 0 bridgehead atoms. The zero-order valence-corrected chi connectivity index (χ0v) is 16.6. The standard InChI is InChI=1S/C18H28N4O4S/c1-3-9-19-17(23)13-22-10-7-15(8-11-22)20-18(24)14-5-4-6-16(12-14)21-27(2,25)26/h4-6,12,15,21H,3,7-11,13H2,1-2H3,(H,19,23)(H,20,24). The molecule has 1 aromatic rings. The largest absolute Gasteiger partial charge is 0.355 e. The third kappa shape index (κ3) is 7.56. The summed E-state index contributed by atoms with van der Waals surface area (Å²) in [5.74, 6) is -0.194. The highest BCUT2D eigenvalue weighted by atomic mass is 32.2. The van der Waals surface area contributed by atoms with Crippen molar-refractivity contribution in [1.82, 2.24) is 15.5 Å². The first-order valence-electron chi connectivity index (χ1n) is 9.14. The van der Waals surface area contributed by atoms with Gasteiger partial charge in [-0.15, -0.1) is 0 Å². The Kier molecular flexibility index (Phi) is 7.61. The van der Waals surface area contributed by atoms with Gasteiger partial charge in [-0.25, -0.2) is 8.42 Å². The van der Waals surface area contributed by atoms with Crippen LogP contribution in [0.25, 0.3) is 0 Å². The Morgan fingerprint density at radius 3 is 2.56 bits per heavy atom. The highest BCUT2D eigenvalue weighted by molar-refractivity contribution is 7.92. The summed E-state index contributed by atoms with van der Waals surface area (Å²) >= 11 is 0. The highest BCUT2D eigenvalue weighted by Gasteiger charge is 2.22. The van der Waals surface area contributed by atoms with Gasteiger partial charge in [-0.3, -0.25) is 19.2 Å². The summed E-state index contributed by atoms with van der Waals surface area (Å²) in [6, 6.07) is 6.44. The molecule has 1 aliphatic rings. The fourth-order valence-electron chi connectivity index (χ4n) is 2.97. The highest BCUT2D eigenvalue weighted by Crippen LogP contribution is 2.14. The number of hydrogen-bond acceptors (Lipinski definition) is 5. The van der Waals surface area contributed by atoms with Crippen molar-refractivity contribution in [2.24, 2.45) is 0 Å². The van der Waals surface area contributed by atoms with Crippen LogP contribution in [0.5, 0.6) is 0 Å². The van der Waals surface area contributed by atoms with Crippen LogP contribution >= 0.6 is 0 Å². The average molecular weight is 397 g/mol. The van der Waals surface area contributed by atoms with Gasteiger partial charge in [-0.05, 0) is 37.5 Å². The Balaban J connectivity index is 1.82. The summed E-state index contributed by atoms with van der Waals surface area (Å²) in [6.07, 6.45) is 3.53. The number of sulfonamides is 1. The fourth-order valence-corrected chi connectivity index (χ4v) is 3.52. The van der Waals surface area contributed by atoms with E-state index in [0.29, 0.717) is 24.3 Å². The number of nitrogens with zero attached hydrogens (tertiary/aromatic N) is 1. The predicted octanol–water partition coefficient (Wildman–Crippen LogP) is 0.779.